The van der Waals surface area contributed by atoms with E-state index in [9.17, 15) is 0 Å². The maximum atomic E-state index is 7.57. The van der Waals surface area contributed by atoms with E-state index in [0.29, 0.717) is 18.9 Å². The van der Waals surface area contributed by atoms with E-state index in [2.05, 4.69) is 28.7 Å². The molecule has 5 nitrogen and oxygen atoms in total. The van der Waals surface area contributed by atoms with E-state index in [1.807, 2.05) is 13.8 Å². The molecule has 100 valence electrons. The summed E-state index contributed by atoms with van der Waals surface area (Å²) >= 11 is 0. The van der Waals surface area contributed by atoms with Crippen molar-refractivity contribution in [2.24, 2.45) is 10.7 Å². The van der Waals surface area contributed by atoms with Crippen LogP contribution in [-0.4, -0.2) is 25.5 Å². The Bertz CT molecular complexity index is 243. The van der Waals surface area contributed by atoms with Crippen LogP contribution in [0.1, 0.15) is 20.8 Å². The van der Waals surface area contributed by atoms with Crippen molar-refractivity contribution in [3.8, 4) is 0 Å². The van der Waals surface area contributed by atoms with Crippen LogP contribution in [0.4, 0.5) is 0 Å². The molecule has 0 spiro atoms. The van der Waals surface area contributed by atoms with Crippen LogP contribution in [0.5, 0.6) is 0 Å². The Morgan fingerprint density at radius 3 is 2.35 bits per heavy atom. The molecule has 0 aliphatic heterocycles. The van der Waals surface area contributed by atoms with Crippen LogP contribution in [-0.2, 0) is 0 Å². The molecule has 1 atom stereocenters. The molecule has 0 aromatic rings. The molecule has 0 aliphatic carbocycles. The van der Waals surface area contributed by atoms with Crippen LogP contribution in [0, 0.1) is 43.2 Å². The maximum absolute atomic E-state index is 7.57. The Morgan fingerprint density at radius 1 is 1.41 bits per heavy atom. The Morgan fingerprint density at radius 2 is 1.94 bits per heavy atom. The molecule has 1 unspecified atom stereocenters. The van der Waals surface area contributed by atoms with E-state index in [4.69, 9.17) is 10.9 Å². The minimum absolute atomic E-state index is 0. The molecule has 0 amide bonds. The van der Waals surface area contributed by atoms with Gasteiger partial charge in [-0.25, -0.2) is 0 Å². The van der Waals surface area contributed by atoms with Crippen molar-refractivity contribution >= 4 is 13.9 Å². The standard InChI is InChI=1S/C8H20N5P.C2H5.U/c1-4-11-8(9)7(3)6-13-14(10)12-5-2;1-2;/h14H,3-6H2,1-2H3,(H2,9,11)(H3,10,12,13);1H2,2H3;/q;-1;. The Kier molecular flexibility index (Phi) is 21.8. The first-order valence-electron chi connectivity index (χ1n) is 5.36. The van der Waals surface area contributed by atoms with Gasteiger partial charge in [0.05, 0.1) is 8.01 Å². The SMILES string of the molecule is C=C(CN[PH](=N)NCC)C(N)=NCC.[CH2-]C.[U]. The predicted molar refractivity (Wildman–Crippen MR) is 75.0 cm³/mol. The zero-order chi connectivity index (χ0) is 13.0. The third-order valence-corrected chi connectivity index (χ3v) is 2.76. The van der Waals surface area contributed by atoms with E-state index in [1.165, 1.54) is 0 Å². The average molecular weight is 484 g/mol. The van der Waals surface area contributed by atoms with Gasteiger partial charge in [-0.3, -0.25) is 20.3 Å². The van der Waals surface area contributed by atoms with Crippen molar-refractivity contribution in [1.29, 1.82) is 5.16 Å². The Hall–Kier alpha value is 0.412. The zero-order valence-corrected chi connectivity index (χ0v) is 16.2. The summed E-state index contributed by atoms with van der Waals surface area (Å²) in [5.41, 5.74) is 6.38. The van der Waals surface area contributed by atoms with Gasteiger partial charge in [0.1, 0.15) is 5.84 Å². The fourth-order valence-electron chi connectivity index (χ4n) is 0.807. The molecular formula is C10H25N5PU-. The van der Waals surface area contributed by atoms with Gasteiger partial charge in [0, 0.05) is 49.8 Å². The van der Waals surface area contributed by atoms with Gasteiger partial charge in [-0.2, -0.15) is 6.92 Å². The Balaban J connectivity index is -0.000000616. The van der Waals surface area contributed by atoms with E-state index in [1.54, 1.807) is 6.92 Å². The first-order chi connectivity index (χ1) is 7.61. The van der Waals surface area contributed by atoms with Gasteiger partial charge in [-0.1, -0.05) is 13.5 Å². The number of aliphatic imine (C=N–C) groups is 1. The molecule has 0 aromatic carbocycles. The summed E-state index contributed by atoms with van der Waals surface area (Å²) in [5, 5.41) is 13.6. The molecule has 0 saturated carbocycles. The van der Waals surface area contributed by atoms with Crippen LogP contribution < -0.4 is 15.9 Å². The number of amidine groups is 1. The second kappa shape index (κ2) is 16.4. The second-order valence-corrected chi connectivity index (χ2v) is 4.18. The molecule has 0 radical (unpaired) electrons. The smallest absolute Gasteiger partial charge is 0.122 e. The second-order valence-electron chi connectivity index (χ2n) is 2.72. The molecule has 0 aliphatic rings. The summed E-state index contributed by atoms with van der Waals surface area (Å²) in [6.07, 6.45) is 0. The molecule has 5 N–H and O–H groups in total. The number of nitrogens with two attached hydrogens (primary N) is 1. The molecule has 0 heterocycles. The van der Waals surface area contributed by atoms with Crippen molar-refractivity contribution in [1.82, 2.24) is 10.2 Å². The van der Waals surface area contributed by atoms with Crippen LogP contribution in [0.25, 0.3) is 0 Å². The minimum Gasteiger partial charge on any atom is -0.384 e. The molecule has 0 fully saturated rings. The quantitative estimate of drug-likeness (QED) is 0.192. The van der Waals surface area contributed by atoms with Gasteiger partial charge in [-0.05, 0) is 13.5 Å². The summed E-state index contributed by atoms with van der Waals surface area (Å²) in [5.74, 6) is 0.478. The molecule has 0 rings (SSSR count). The predicted octanol–water partition coefficient (Wildman–Crippen LogP) is 1.77. The molecular weight excluding hydrogens is 459 g/mol. The summed E-state index contributed by atoms with van der Waals surface area (Å²) in [6, 6.07) is 0. The van der Waals surface area contributed by atoms with Gasteiger partial charge in [0.2, 0.25) is 0 Å². The van der Waals surface area contributed by atoms with E-state index < -0.39 is 8.01 Å². The third-order valence-electron chi connectivity index (χ3n) is 1.52. The van der Waals surface area contributed by atoms with Gasteiger partial charge in [0.15, 0.2) is 0 Å². The average Bonchev–Trinajstić information content (AvgIpc) is 2.29. The molecule has 0 saturated heterocycles. The van der Waals surface area contributed by atoms with Crippen molar-refractivity contribution < 1.29 is 31.1 Å². The van der Waals surface area contributed by atoms with Gasteiger partial charge >= 0.3 is 0 Å². The minimum atomic E-state index is -1.40. The number of hydrogen-bond acceptors (Lipinski definition) is 2. The molecule has 7 heteroatoms. The largest absolute Gasteiger partial charge is 0.384 e. The van der Waals surface area contributed by atoms with E-state index >= 15 is 0 Å². The summed E-state index contributed by atoms with van der Waals surface area (Å²) in [4.78, 5) is 4.03. The fourth-order valence-corrected chi connectivity index (χ4v) is 1.68. The summed E-state index contributed by atoms with van der Waals surface area (Å²) in [7, 11) is -1.40. The molecule has 17 heavy (non-hydrogen) atoms. The topological polar surface area (TPSA) is 86.3 Å². The van der Waals surface area contributed by atoms with Gasteiger partial charge in [-0.15, -0.1) is 0 Å². The van der Waals surface area contributed by atoms with Crippen molar-refractivity contribution in [3.05, 3.63) is 19.1 Å². The maximum Gasteiger partial charge on any atom is 0.122 e. The van der Waals surface area contributed by atoms with Crippen LogP contribution in [0.15, 0.2) is 17.1 Å². The monoisotopic (exact) mass is 484 g/mol. The normalized spacial score (nSPS) is 11.9. The van der Waals surface area contributed by atoms with Crippen molar-refractivity contribution in [2.45, 2.75) is 20.8 Å². The summed E-state index contributed by atoms with van der Waals surface area (Å²) < 4.78 is 0. The molecule has 0 bridgehead atoms. The van der Waals surface area contributed by atoms with Gasteiger partial charge < -0.3 is 12.7 Å². The van der Waals surface area contributed by atoms with Crippen LogP contribution in [0.2, 0.25) is 0 Å². The third kappa shape index (κ3) is 14.4. The van der Waals surface area contributed by atoms with E-state index in [-0.39, 0.29) is 31.1 Å². The number of hydrogen-bond donors (Lipinski definition) is 4. The van der Waals surface area contributed by atoms with Crippen molar-refractivity contribution in [3.63, 3.8) is 0 Å². The number of nitrogens with zero attached hydrogens (tertiary/aromatic N) is 1. The first kappa shape index (κ1) is 22.6. The molecule has 0 aromatic heterocycles. The first-order valence-corrected chi connectivity index (χ1v) is 6.86. The van der Waals surface area contributed by atoms with Crippen LogP contribution >= 0.6 is 8.01 Å². The fraction of sp³-hybridized carbons (Fsp3) is 0.600. The van der Waals surface area contributed by atoms with E-state index in [0.717, 1.165) is 12.1 Å². The number of rotatable bonds is 7. The zero-order valence-electron chi connectivity index (χ0n) is 11.1. The van der Waals surface area contributed by atoms with Gasteiger partial charge in [0.25, 0.3) is 0 Å². The summed E-state index contributed by atoms with van der Waals surface area (Å²) in [6.45, 7) is 14.7. The van der Waals surface area contributed by atoms with Crippen LogP contribution in [0.3, 0.4) is 0 Å². The van der Waals surface area contributed by atoms with Crippen molar-refractivity contribution in [2.75, 3.05) is 19.6 Å². The number of nitrogens with one attached hydrogen (secondary N) is 3. The Labute approximate surface area is 130 Å².